The van der Waals surface area contributed by atoms with Crippen molar-refractivity contribution in [3.05, 3.63) is 44.8 Å². The molecule has 11 heteroatoms. The molecule has 27 heavy (non-hydrogen) atoms. The van der Waals surface area contributed by atoms with Crippen molar-refractivity contribution in [3.63, 3.8) is 0 Å². The molecule has 0 fully saturated rings. The largest absolute Gasteiger partial charge is 0.416 e. The molecule has 0 radical (unpaired) electrons. The minimum absolute atomic E-state index is 0.0462. The van der Waals surface area contributed by atoms with E-state index in [1.54, 1.807) is 11.8 Å². The van der Waals surface area contributed by atoms with E-state index in [-0.39, 0.29) is 21.3 Å². The number of halogens is 4. The molecule has 2 heterocycles. The SMILES string of the molecule is NC(=O)c1c(NC(=O)Nc2cc(C(F)(F)F)ccc2Cl)sc2c1CCSC2. The van der Waals surface area contributed by atoms with Crippen LogP contribution in [0, 0.1) is 0 Å². The van der Waals surface area contributed by atoms with Gasteiger partial charge in [-0.25, -0.2) is 4.79 Å². The van der Waals surface area contributed by atoms with Gasteiger partial charge in [-0.05, 0) is 35.9 Å². The zero-order valence-corrected chi connectivity index (χ0v) is 16.0. The number of hydrogen-bond acceptors (Lipinski definition) is 4. The van der Waals surface area contributed by atoms with Crippen molar-refractivity contribution in [3.8, 4) is 0 Å². The van der Waals surface area contributed by atoms with Crippen molar-refractivity contribution in [1.29, 1.82) is 0 Å². The highest BCUT2D eigenvalue weighted by Gasteiger charge is 2.31. The lowest BCUT2D eigenvalue weighted by atomic mass is 10.1. The van der Waals surface area contributed by atoms with Crippen LogP contribution >= 0.6 is 34.7 Å². The summed E-state index contributed by atoms with van der Waals surface area (Å²) in [5.41, 5.74) is 5.38. The Labute approximate surface area is 165 Å². The molecule has 0 aliphatic carbocycles. The Morgan fingerprint density at radius 2 is 1.96 bits per heavy atom. The van der Waals surface area contributed by atoms with E-state index in [1.165, 1.54) is 11.3 Å². The summed E-state index contributed by atoms with van der Waals surface area (Å²) in [6.07, 6.45) is -3.90. The summed E-state index contributed by atoms with van der Waals surface area (Å²) < 4.78 is 38.5. The number of urea groups is 1. The van der Waals surface area contributed by atoms with Crippen LogP contribution < -0.4 is 16.4 Å². The van der Waals surface area contributed by atoms with E-state index in [2.05, 4.69) is 10.6 Å². The second kappa shape index (κ2) is 7.61. The van der Waals surface area contributed by atoms with Gasteiger partial charge < -0.3 is 11.1 Å². The standard InChI is InChI=1S/C16H13ClF3N3O2S2/c17-9-2-1-7(16(18,19)20)5-10(9)22-15(25)23-14-12(13(21)24)8-3-4-26-6-11(8)27-14/h1-2,5H,3-4,6H2,(H2,21,24)(H2,22,23,25). The number of nitrogens with one attached hydrogen (secondary N) is 2. The van der Waals surface area contributed by atoms with Crippen molar-refractivity contribution >= 4 is 57.3 Å². The van der Waals surface area contributed by atoms with Crippen molar-refractivity contribution < 1.29 is 22.8 Å². The molecule has 0 saturated carbocycles. The molecular formula is C16H13ClF3N3O2S2. The second-order valence-electron chi connectivity index (χ2n) is 5.65. The van der Waals surface area contributed by atoms with E-state index in [0.29, 0.717) is 12.2 Å². The molecule has 2 aromatic rings. The van der Waals surface area contributed by atoms with Gasteiger partial charge >= 0.3 is 12.2 Å². The van der Waals surface area contributed by atoms with Crippen molar-refractivity contribution in [1.82, 2.24) is 0 Å². The summed E-state index contributed by atoms with van der Waals surface area (Å²) in [6.45, 7) is 0. The molecule has 0 atom stereocenters. The number of carbonyl (C=O) groups is 2. The third-order valence-corrected chi connectivity index (χ3v) is 6.48. The van der Waals surface area contributed by atoms with Crippen LogP contribution in [0.2, 0.25) is 5.02 Å². The number of alkyl halides is 3. The molecule has 0 saturated heterocycles. The number of rotatable bonds is 3. The predicted octanol–water partition coefficient (Wildman–Crippen LogP) is 4.95. The van der Waals surface area contributed by atoms with Gasteiger partial charge in [-0.3, -0.25) is 10.1 Å². The van der Waals surface area contributed by atoms with E-state index in [1.807, 2.05) is 0 Å². The summed E-state index contributed by atoms with van der Waals surface area (Å²) in [5.74, 6) is 0.894. The fourth-order valence-electron chi connectivity index (χ4n) is 2.64. The number of nitrogens with two attached hydrogens (primary N) is 1. The molecular weight excluding hydrogens is 423 g/mol. The van der Waals surface area contributed by atoms with E-state index < -0.39 is 23.7 Å². The van der Waals surface area contributed by atoms with Gasteiger partial charge in [0.25, 0.3) is 5.91 Å². The van der Waals surface area contributed by atoms with Crippen LogP contribution in [0.1, 0.15) is 26.4 Å². The monoisotopic (exact) mass is 435 g/mol. The van der Waals surface area contributed by atoms with E-state index in [9.17, 15) is 22.8 Å². The molecule has 0 spiro atoms. The Morgan fingerprint density at radius 3 is 2.63 bits per heavy atom. The number of fused-ring (bicyclic) bond motifs is 1. The number of anilines is 2. The predicted molar refractivity (Wildman–Crippen MR) is 102 cm³/mol. The van der Waals surface area contributed by atoms with E-state index >= 15 is 0 Å². The van der Waals surface area contributed by atoms with Crippen LogP contribution in [0.3, 0.4) is 0 Å². The van der Waals surface area contributed by atoms with Gasteiger partial charge in [0.1, 0.15) is 5.00 Å². The highest BCUT2D eigenvalue weighted by atomic mass is 35.5. The maximum Gasteiger partial charge on any atom is 0.416 e. The van der Waals surface area contributed by atoms with Crippen LogP contribution in [0.25, 0.3) is 0 Å². The van der Waals surface area contributed by atoms with Gasteiger partial charge in [0, 0.05) is 10.6 Å². The first kappa shape index (κ1) is 19.8. The topological polar surface area (TPSA) is 84.2 Å². The first-order valence-corrected chi connectivity index (χ1v) is 9.98. The summed E-state index contributed by atoms with van der Waals surface area (Å²) in [5, 5.41) is 5.01. The Bertz CT molecular complexity index is 915. The number of amides is 3. The summed E-state index contributed by atoms with van der Waals surface area (Å²) >= 11 is 8.81. The molecule has 144 valence electrons. The molecule has 1 aromatic heterocycles. The average Bonchev–Trinajstić information content (AvgIpc) is 2.93. The molecule has 1 aliphatic rings. The number of hydrogen-bond donors (Lipinski definition) is 3. The maximum atomic E-state index is 12.8. The molecule has 0 unspecified atom stereocenters. The van der Waals surface area contributed by atoms with Crippen molar-refractivity contribution in [2.24, 2.45) is 5.73 Å². The van der Waals surface area contributed by atoms with Gasteiger partial charge in [-0.1, -0.05) is 11.6 Å². The third-order valence-electron chi connectivity index (χ3n) is 3.84. The molecule has 5 nitrogen and oxygen atoms in total. The molecule has 3 rings (SSSR count). The lowest BCUT2D eigenvalue weighted by molar-refractivity contribution is -0.137. The lowest BCUT2D eigenvalue weighted by Gasteiger charge is -2.12. The molecule has 0 bridgehead atoms. The zero-order chi connectivity index (χ0) is 19.8. The van der Waals surface area contributed by atoms with Crippen LogP contribution in [-0.4, -0.2) is 17.7 Å². The zero-order valence-electron chi connectivity index (χ0n) is 13.6. The van der Waals surface area contributed by atoms with Gasteiger partial charge in [0.15, 0.2) is 0 Å². The minimum atomic E-state index is -4.57. The van der Waals surface area contributed by atoms with Gasteiger partial charge in [-0.2, -0.15) is 24.9 Å². The number of thiophene rings is 1. The Morgan fingerprint density at radius 1 is 1.22 bits per heavy atom. The lowest BCUT2D eigenvalue weighted by Crippen LogP contribution is -2.22. The first-order chi connectivity index (χ1) is 12.7. The minimum Gasteiger partial charge on any atom is -0.365 e. The fraction of sp³-hybridized carbons (Fsp3) is 0.250. The highest BCUT2D eigenvalue weighted by molar-refractivity contribution is 7.98. The molecule has 1 aromatic carbocycles. The first-order valence-electron chi connectivity index (χ1n) is 7.63. The van der Waals surface area contributed by atoms with E-state index in [4.69, 9.17) is 17.3 Å². The van der Waals surface area contributed by atoms with E-state index in [0.717, 1.165) is 34.4 Å². The molecule has 4 N–H and O–H groups in total. The Kier molecular flexibility index (Phi) is 5.59. The quantitative estimate of drug-likeness (QED) is 0.637. The molecule has 3 amide bonds. The second-order valence-corrected chi connectivity index (χ2v) is 8.26. The fourth-order valence-corrected chi connectivity index (χ4v) is 5.18. The van der Waals surface area contributed by atoms with Crippen LogP contribution in [0.5, 0.6) is 0 Å². The summed E-state index contributed by atoms with van der Waals surface area (Å²) in [4.78, 5) is 25.0. The smallest absolute Gasteiger partial charge is 0.365 e. The number of carbonyl (C=O) groups excluding carboxylic acids is 2. The maximum absolute atomic E-state index is 12.8. The number of thioether (sulfide) groups is 1. The number of benzene rings is 1. The average molecular weight is 436 g/mol. The summed E-state index contributed by atoms with van der Waals surface area (Å²) in [7, 11) is 0. The Balaban J connectivity index is 1.83. The van der Waals surface area contributed by atoms with Crippen molar-refractivity contribution in [2.45, 2.75) is 18.3 Å². The van der Waals surface area contributed by atoms with Gasteiger partial charge in [0.05, 0.1) is 21.8 Å². The van der Waals surface area contributed by atoms with Crippen LogP contribution in [0.4, 0.5) is 28.7 Å². The van der Waals surface area contributed by atoms with Gasteiger partial charge in [0.2, 0.25) is 0 Å². The van der Waals surface area contributed by atoms with Crippen LogP contribution in [-0.2, 0) is 18.3 Å². The molecule has 1 aliphatic heterocycles. The summed E-state index contributed by atoms with van der Waals surface area (Å²) in [6, 6.07) is 1.80. The highest BCUT2D eigenvalue weighted by Crippen LogP contribution is 2.39. The van der Waals surface area contributed by atoms with Gasteiger partial charge in [-0.15, -0.1) is 11.3 Å². The normalized spacial score (nSPS) is 13.8. The van der Waals surface area contributed by atoms with Crippen LogP contribution in [0.15, 0.2) is 18.2 Å². The van der Waals surface area contributed by atoms with Crippen molar-refractivity contribution in [2.75, 3.05) is 16.4 Å². The third kappa shape index (κ3) is 4.33. The number of primary amides is 1. The Hall–Kier alpha value is -1.91.